The summed E-state index contributed by atoms with van der Waals surface area (Å²) in [6, 6.07) is 8.97. The second kappa shape index (κ2) is 6.66. The van der Waals surface area contributed by atoms with Crippen LogP contribution in [0.25, 0.3) is 10.9 Å². The van der Waals surface area contributed by atoms with E-state index in [1.807, 2.05) is 6.07 Å². The maximum atomic E-state index is 12.7. The number of ether oxygens (including phenoxy) is 1. The molecule has 1 aromatic carbocycles. The van der Waals surface area contributed by atoms with Gasteiger partial charge in [0.1, 0.15) is 16.9 Å². The maximum absolute atomic E-state index is 12.7. The van der Waals surface area contributed by atoms with Crippen molar-refractivity contribution in [3.8, 4) is 5.75 Å². The van der Waals surface area contributed by atoms with Crippen LogP contribution in [0.5, 0.6) is 5.75 Å². The molecule has 0 saturated heterocycles. The third-order valence-electron chi connectivity index (χ3n) is 3.82. The Morgan fingerprint density at radius 1 is 1.35 bits per heavy atom. The fourth-order valence-electron chi connectivity index (χ4n) is 2.65. The van der Waals surface area contributed by atoms with Crippen LogP contribution in [0.2, 0.25) is 0 Å². The van der Waals surface area contributed by atoms with E-state index in [9.17, 15) is 9.90 Å². The summed E-state index contributed by atoms with van der Waals surface area (Å²) in [4.78, 5) is 17.0. The normalized spacial score (nSPS) is 12.4. The Hall–Kier alpha value is -2.60. The minimum absolute atomic E-state index is 0.0445. The van der Waals surface area contributed by atoms with Gasteiger partial charge in [-0.25, -0.2) is 4.98 Å². The molecule has 0 bridgehead atoms. The molecule has 0 radical (unpaired) electrons. The fourth-order valence-corrected chi connectivity index (χ4v) is 2.65. The highest BCUT2D eigenvalue weighted by atomic mass is 16.5. The van der Waals surface area contributed by atoms with Gasteiger partial charge in [-0.3, -0.25) is 9.36 Å². The molecule has 6 nitrogen and oxygen atoms in total. The van der Waals surface area contributed by atoms with Crippen LogP contribution in [-0.4, -0.2) is 28.4 Å². The molecule has 6 heteroatoms. The number of aliphatic hydroxyl groups excluding tert-OH is 1. The number of hydrogen-bond acceptors (Lipinski definition) is 5. The van der Waals surface area contributed by atoms with Crippen molar-refractivity contribution in [2.75, 3.05) is 13.7 Å². The third-order valence-corrected chi connectivity index (χ3v) is 3.82. The number of aromatic nitrogens is 2. The van der Waals surface area contributed by atoms with Crippen LogP contribution in [-0.2, 0) is 13.0 Å². The van der Waals surface area contributed by atoms with Crippen molar-refractivity contribution in [3.05, 3.63) is 59.0 Å². The molecule has 2 aromatic heterocycles. The van der Waals surface area contributed by atoms with E-state index in [0.717, 1.165) is 5.76 Å². The molecule has 0 fully saturated rings. The average Bonchev–Trinajstić information content (AvgIpc) is 3.09. The molecule has 120 valence electrons. The number of rotatable bonds is 6. The summed E-state index contributed by atoms with van der Waals surface area (Å²) < 4.78 is 12.1. The Balaban J connectivity index is 1.93. The minimum atomic E-state index is -0.176. The van der Waals surface area contributed by atoms with Gasteiger partial charge in [0.2, 0.25) is 0 Å². The lowest BCUT2D eigenvalue weighted by atomic mass is 10.0. The maximum Gasteiger partial charge on any atom is 0.264 e. The predicted octanol–water partition coefficient (Wildman–Crippen LogP) is 1.85. The summed E-state index contributed by atoms with van der Waals surface area (Å²) >= 11 is 0. The molecule has 3 aromatic rings. The van der Waals surface area contributed by atoms with Crippen LogP contribution >= 0.6 is 0 Å². The van der Waals surface area contributed by atoms with Crippen LogP contribution in [0.15, 0.2) is 52.1 Å². The molecule has 0 amide bonds. The van der Waals surface area contributed by atoms with E-state index in [-0.39, 0.29) is 18.1 Å². The third kappa shape index (κ3) is 3.12. The van der Waals surface area contributed by atoms with Crippen LogP contribution in [0, 0.1) is 5.92 Å². The van der Waals surface area contributed by atoms with Gasteiger partial charge in [0.15, 0.2) is 0 Å². The highest BCUT2D eigenvalue weighted by Crippen LogP contribution is 2.20. The van der Waals surface area contributed by atoms with Gasteiger partial charge in [-0.15, -0.1) is 0 Å². The van der Waals surface area contributed by atoms with E-state index in [0.29, 0.717) is 29.6 Å². The fraction of sp³-hybridized carbons (Fsp3) is 0.294. The van der Waals surface area contributed by atoms with E-state index in [2.05, 4.69) is 4.98 Å². The van der Waals surface area contributed by atoms with Crippen molar-refractivity contribution in [2.24, 2.45) is 5.92 Å². The number of nitrogens with zero attached hydrogens (tertiary/aromatic N) is 2. The molecule has 1 N–H and O–H groups in total. The van der Waals surface area contributed by atoms with Gasteiger partial charge in [0, 0.05) is 25.5 Å². The molecule has 1 unspecified atom stereocenters. The zero-order valence-corrected chi connectivity index (χ0v) is 12.8. The molecule has 0 saturated carbocycles. The summed E-state index contributed by atoms with van der Waals surface area (Å²) in [5, 5.41) is 10.0. The number of aliphatic hydroxyl groups is 1. The number of fused-ring (bicyclic) bond motifs is 1. The molecule has 2 heterocycles. The summed E-state index contributed by atoms with van der Waals surface area (Å²) in [6.07, 6.45) is 3.66. The number of methoxy groups -OCH3 is 1. The van der Waals surface area contributed by atoms with E-state index < -0.39 is 0 Å². The minimum Gasteiger partial charge on any atom is -0.496 e. The monoisotopic (exact) mass is 314 g/mol. The van der Waals surface area contributed by atoms with Crippen molar-refractivity contribution in [1.29, 1.82) is 0 Å². The van der Waals surface area contributed by atoms with E-state index in [1.165, 1.54) is 18.0 Å². The lowest BCUT2D eigenvalue weighted by Gasteiger charge is -2.15. The quantitative estimate of drug-likeness (QED) is 0.751. The Morgan fingerprint density at radius 3 is 2.91 bits per heavy atom. The van der Waals surface area contributed by atoms with Gasteiger partial charge in [0.05, 0.1) is 25.2 Å². The molecular weight excluding hydrogens is 296 g/mol. The summed E-state index contributed by atoms with van der Waals surface area (Å²) in [7, 11) is 1.53. The second-order valence-electron chi connectivity index (χ2n) is 5.39. The van der Waals surface area contributed by atoms with E-state index >= 15 is 0 Å². The van der Waals surface area contributed by atoms with E-state index in [4.69, 9.17) is 9.15 Å². The largest absolute Gasteiger partial charge is 0.496 e. The van der Waals surface area contributed by atoms with Crippen LogP contribution < -0.4 is 10.3 Å². The second-order valence-corrected chi connectivity index (χ2v) is 5.39. The zero-order chi connectivity index (χ0) is 16.2. The smallest absolute Gasteiger partial charge is 0.264 e. The van der Waals surface area contributed by atoms with E-state index in [1.54, 1.807) is 30.5 Å². The highest BCUT2D eigenvalue weighted by molar-refractivity contribution is 5.83. The van der Waals surface area contributed by atoms with Crippen molar-refractivity contribution in [1.82, 2.24) is 9.55 Å². The lowest BCUT2D eigenvalue weighted by molar-refractivity contribution is 0.203. The van der Waals surface area contributed by atoms with Crippen molar-refractivity contribution >= 4 is 10.9 Å². The van der Waals surface area contributed by atoms with Gasteiger partial charge < -0.3 is 14.3 Å². The molecule has 1 atom stereocenters. The number of furan rings is 1. The predicted molar refractivity (Wildman–Crippen MR) is 85.5 cm³/mol. The molecule has 0 aliphatic heterocycles. The van der Waals surface area contributed by atoms with Gasteiger partial charge in [-0.1, -0.05) is 6.07 Å². The lowest BCUT2D eigenvalue weighted by Crippen LogP contribution is -2.27. The first-order valence-electron chi connectivity index (χ1n) is 7.38. The Morgan fingerprint density at radius 2 is 2.22 bits per heavy atom. The summed E-state index contributed by atoms with van der Waals surface area (Å²) in [6.45, 7) is 0.314. The van der Waals surface area contributed by atoms with Crippen LogP contribution in [0.3, 0.4) is 0 Å². The van der Waals surface area contributed by atoms with Crippen molar-refractivity contribution in [2.45, 2.75) is 13.0 Å². The standard InChI is InChI=1S/C17H18N2O4/c1-22-15-6-2-5-14-16(15)17(21)19(11-18-14)9-12(10-20)8-13-4-3-7-23-13/h2-7,11-12,20H,8-10H2,1H3. The summed E-state index contributed by atoms with van der Waals surface area (Å²) in [5.74, 6) is 1.15. The van der Waals surface area contributed by atoms with Crippen LogP contribution in [0.1, 0.15) is 5.76 Å². The van der Waals surface area contributed by atoms with Gasteiger partial charge in [-0.2, -0.15) is 0 Å². The van der Waals surface area contributed by atoms with Gasteiger partial charge in [-0.05, 0) is 24.3 Å². The first kappa shape index (κ1) is 15.3. The SMILES string of the molecule is COc1cccc2ncn(CC(CO)Cc3ccco3)c(=O)c12. The molecule has 3 rings (SSSR count). The molecule has 0 aliphatic rings. The van der Waals surface area contributed by atoms with Crippen LogP contribution in [0.4, 0.5) is 0 Å². The zero-order valence-electron chi connectivity index (χ0n) is 12.8. The Bertz CT molecular complexity index is 839. The Kier molecular flexibility index (Phi) is 4.43. The van der Waals surface area contributed by atoms with Crippen molar-refractivity contribution in [3.63, 3.8) is 0 Å². The Labute approximate surface area is 133 Å². The van der Waals surface area contributed by atoms with Crippen molar-refractivity contribution < 1.29 is 14.3 Å². The van der Waals surface area contributed by atoms with Gasteiger partial charge in [0.25, 0.3) is 5.56 Å². The molecule has 0 spiro atoms. The molecule has 0 aliphatic carbocycles. The number of hydrogen-bond donors (Lipinski definition) is 1. The molecule has 23 heavy (non-hydrogen) atoms. The highest BCUT2D eigenvalue weighted by Gasteiger charge is 2.15. The van der Waals surface area contributed by atoms with Gasteiger partial charge >= 0.3 is 0 Å². The summed E-state index contributed by atoms with van der Waals surface area (Å²) in [5.41, 5.74) is 0.419. The first-order chi connectivity index (χ1) is 11.2. The molecular formula is C17H18N2O4. The first-order valence-corrected chi connectivity index (χ1v) is 7.38. The average molecular weight is 314 g/mol. The number of benzene rings is 1. The topological polar surface area (TPSA) is 77.5 Å².